The van der Waals surface area contributed by atoms with E-state index in [4.69, 9.17) is 0 Å². The van der Waals surface area contributed by atoms with E-state index in [0.29, 0.717) is 12.1 Å². The first-order chi connectivity index (χ1) is 16.8. The van der Waals surface area contributed by atoms with Crippen molar-refractivity contribution in [2.45, 2.75) is 26.1 Å². The third-order valence-electron chi connectivity index (χ3n) is 5.52. The molecule has 0 bridgehead atoms. The lowest BCUT2D eigenvalue weighted by Crippen LogP contribution is -2.47. The normalized spacial score (nSPS) is 12.2. The topological polar surface area (TPSA) is 86.8 Å². The molecule has 2 amide bonds. The zero-order chi connectivity index (χ0) is 25.3. The van der Waals surface area contributed by atoms with E-state index in [9.17, 15) is 18.0 Å². The molecule has 0 heterocycles. The quantitative estimate of drug-likeness (QED) is 0.444. The Morgan fingerprint density at radius 1 is 0.800 bits per heavy atom. The summed E-state index contributed by atoms with van der Waals surface area (Å²) >= 11 is 0. The second-order valence-corrected chi connectivity index (χ2v) is 10.2. The maximum atomic E-state index is 13.8. The van der Waals surface area contributed by atoms with Crippen LogP contribution in [0, 0.1) is 0 Å². The summed E-state index contributed by atoms with van der Waals surface area (Å²) in [5.41, 5.74) is 2.25. The molecule has 3 rings (SSSR count). The van der Waals surface area contributed by atoms with Gasteiger partial charge in [0.05, 0.1) is 12.8 Å². The largest absolute Gasteiger partial charge is 0.354 e. The Balaban J connectivity index is 1.99. The van der Waals surface area contributed by atoms with Gasteiger partial charge in [-0.05, 0) is 23.6 Å². The SMILES string of the molecule is CCNC(=O)[C@H](c1ccccc1)N(Cc1ccccc1)C(=O)CN(Cc1ccccc1)S(C)(=O)=O. The van der Waals surface area contributed by atoms with Crippen molar-refractivity contribution in [1.29, 1.82) is 0 Å². The van der Waals surface area contributed by atoms with Gasteiger partial charge in [0.25, 0.3) is 0 Å². The summed E-state index contributed by atoms with van der Waals surface area (Å²) in [5, 5.41) is 2.82. The van der Waals surface area contributed by atoms with Crippen LogP contribution >= 0.6 is 0 Å². The average molecular weight is 494 g/mol. The molecule has 0 aliphatic rings. The number of carbonyl (C=O) groups is 2. The van der Waals surface area contributed by atoms with Crippen LogP contribution in [0.5, 0.6) is 0 Å². The molecule has 8 heteroatoms. The van der Waals surface area contributed by atoms with Gasteiger partial charge >= 0.3 is 0 Å². The van der Waals surface area contributed by atoms with Gasteiger partial charge < -0.3 is 10.2 Å². The van der Waals surface area contributed by atoms with Crippen LogP contribution < -0.4 is 5.32 Å². The number of sulfonamides is 1. The van der Waals surface area contributed by atoms with Crippen LogP contribution in [0.4, 0.5) is 0 Å². The lowest BCUT2D eigenvalue weighted by Gasteiger charge is -2.33. The van der Waals surface area contributed by atoms with Gasteiger partial charge in [0.15, 0.2) is 0 Å². The van der Waals surface area contributed by atoms with E-state index in [0.717, 1.165) is 21.7 Å². The first-order valence-corrected chi connectivity index (χ1v) is 13.3. The summed E-state index contributed by atoms with van der Waals surface area (Å²) in [7, 11) is -3.70. The fourth-order valence-corrected chi connectivity index (χ4v) is 4.53. The van der Waals surface area contributed by atoms with Crippen molar-refractivity contribution in [3.63, 3.8) is 0 Å². The highest BCUT2D eigenvalue weighted by molar-refractivity contribution is 7.88. The van der Waals surface area contributed by atoms with Gasteiger partial charge in [0.2, 0.25) is 21.8 Å². The first kappa shape index (κ1) is 26.1. The highest BCUT2D eigenvalue weighted by Gasteiger charge is 2.33. The molecule has 0 aromatic heterocycles. The number of benzene rings is 3. The first-order valence-electron chi connectivity index (χ1n) is 11.4. The Morgan fingerprint density at radius 2 is 1.29 bits per heavy atom. The van der Waals surface area contributed by atoms with Crippen molar-refractivity contribution >= 4 is 21.8 Å². The fourth-order valence-electron chi connectivity index (χ4n) is 3.80. The number of hydrogen-bond donors (Lipinski definition) is 1. The van der Waals surface area contributed by atoms with Gasteiger partial charge in [-0.3, -0.25) is 9.59 Å². The monoisotopic (exact) mass is 493 g/mol. The molecule has 0 saturated carbocycles. The summed E-state index contributed by atoms with van der Waals surface area (Å²) < 4.78 is 26.3. The number of nitrogens with zero attached hydrogens (tertiary/aromatic N) is 2. The Bertz CT molecular complexity index is 1200. The van der Waals surface area contributed by atoms with Crippen LogP contribution in [0.1, 0.15) is 29.7 Å². The highest BCUT2D eigenvalue weighted by Crippen LogP contribution is 2.24. The summed E-state index contributed by atoms with van der Waals surface area (Å²) in [4.78, 5) is 28.4. The summed E-state index contributed by atoms with van der Waals surface area (Å²) in [6.45, 7) is 2.04. The van der Waals surface area contributed by atoms with E-state index in [1.807, 2.05) is 85.8 Å². The van der Waals surface area contributed by atoms with Crippen LogP contribution in [-0.2, 0) is 32.7 Å². The average Bonchev–Trinajstić information content (AvgIpc) is 2.85. The minimum atomic E-state index is -3.70. The predicted octanol–water partition coefficient (Wildman–Crippen LogP) is 3.35. The molecular formula is C27H31N3O4S. The van der Waals surface area contributed by atoms with Crippen LogP contribution in [0.25, 0.3) is 0 Å². The molecule has 3 aromatic carbocycles. The maximum Gasteiger partial charge on any atom is 0.247 e. The zero-order valence-electron chi connectivity index (χ0n) is 20.0. The molecule has 0 aliphatic carbocycles. The number of rotatable bonds is 11. The maximum absolute atomic E-state index is 13.8. The van der Waals surface area contributed by atoms with Crippen molar-refractivity contribution in [2.75, 3.05) is 19.3 Å². The molecule has 0 spiro atoms. The van der Waals surface area contributed by atoms with Crippen LogP contribution in [0.3, 0.4) is 0 Å². The number of nitrogens with one attached hydrogen (secondary N) is 1. The van der Waals surface area contributed by atoms with E-state index in [1.54, 1.807) is 12.1 Å². The zero-order valence-corrected chi connectivity index (χ0v) is 20.8. The Labute approximate surface area is 207 Å². The van der Waals surface area contributed by atoms with Crippen molar-refractivity contribution < 1.29 is 18.0 Å². The van der Waals surface area contributed by atoms with Crippen molar-refractivity contribution in [3.05, 3.63) is 108 Å². The van der Waals surface area contributed by atoms with Crippen LogP contribution in [0.15, 0.2) is 91.0 Å². The Kier molecular flexibility index (Phi) is 9.17. The molecule has 3 aromatic rings. The van der Waals surface area contributed by atoms with Gasteiger partial charge in [-0.1, -0.05) is 91.0 Å². The van der Waals surface area contributed by atoms with E-state index in [1.165, 1.54) is 4.90 Å². The Hall–Kier alpha value is -3.49. The number of amides is 2. The Morgan fingerprint density at radius 3 is 1.77 bits per heavy atom. The molecule has 0 fully saturated rings. The highest BCUT2D eigenvalue weighted by atomic mass is 32.2. The van der Waals surface area contributed by atoms with Crippen LogP contribution in [0.2, 0.25) is 0 Å². The van der Waals surface area contributed by atoms with Crippen molar-refractivity contribution in [2.24, 2.45) is 0 Å². The summed E-state index contributed by atoms with van der Waals surface area (Å²) in [6, 6.07) is 26.6. The smallest absolute Gasteiger partial charge is 0.247 e. The summed E-state index contributed by atoms with van der Waals surface area (Å²) in [6.07, 6.45) is 1.09. The molecule has 35 heavy (non-hydrogen) atoms. The minimum Gasteiger partial charge on any atom is -0.354 e. The van der Waals surface area contributed by atoms with Crippen molar-refractivity contribution in [1.82, 2.24) is 14.5 Å². The van der Waals surface area contributed by atoms with Gasteiger partial charge in [-0.25, -0.2) is 8.42 Å². The predicted molar refractivity (Wildman–Crippen MR) is 137 cm³/mol. The second kappa shape index (κ2) is 12.3. The molecule has 7 nitrogen and oxygen atoms in total. The standard InChI is InChI=1S/C27H31N3O4S/c1-3-28-27(32)26(24-17-11-6-12-18-24)30(20-23-15-9-5-10-16-23)25(31)21-29(35(2,33)34)19-22-13-7-4-8-14-22/h4-18,26H,3,19-21H2,1-2H3,(H,28,32)/t26-/m0/s1. The lowest BCUT2D eigenvalue weighted by atomic mass is 10.0. The molecule has 1 N–H and O–H groups in total. The minimum absolute atomic E-state index is 0.0573. The van der Waals surface area contributed by atoms with Gasteiger partial charge in [0, 0.05) is 19.6 Å². The third-order valence-corrected chi connectivity index (χ3v) is 6.72. The van der Waals surface area contributed by atoms with E-state index < -0.39 is 22.0 Å². The van der Waals surface area contributed by atoms with Crippen LogP contribution in [-0.4, -0.2) is 48.8 Å². The van der Waals surface area contributed by atoms with E-state index >= 15 is 0 Å². The number of carbonyl (C=O) groups excluding carboxylic acids is 2. The molecule has 184 valence electrons. The lowest BCUT2D eigenvalue weighted by molar-refractivity contribution is -0.141. The second-order valence-electron chi connectivity index (χ2n) is 8.23. The third kappa shape index (κ3) is 7.50. The molecule has 0 saturated heterocycles. The number of hydrogen-bond acceptors (Lipinski definition) is 4. The molecule has 1 atom stereocenters. The van der Waals surface area contributed by atoms with Gasteiger partial charge in [0.1, 0.15) is 6.04 Å². The molecule has 0 unspecified atom stereocenters. The molecular weight excluding hydrogens is 462 g/mol. The van der Waals surface area contributed by atoms with Gasteiger partial charge in [-0.15, -0.1) is 0 Å². The molecule has 0 radical (unpaired) electrons. The van der Waals surface area contributed by atoms with Crippen molar-refractivity contribution in [3.8, 4) is 0 Å². The molecule has 0 aliphatic heterocycles. The number of likely N-dealkylation sites (N-methyl/N-ethyl adjacent to an activating group) is 1. The van der Waals surface area contributed by atoms with E-state index in [-0.39, 0.29) is 25.5 Å². The van der Waals surface area contributed by atoms with E-state index in [2.05, 4.69) is 5.32 Å². The summed E-state index contributed by atoms with van der Waals surface area (Å²) in [5.74, 6) is -0.785. The van der Waals surface area contributed by atoms with Gasteiger partial charge in [-0.2, -0.15) is 4.31 Å². The fraction of sp³-hybridized carbons (Fsp3) is 0.259.